The molecule has 2 N–H and O–H groups in total. The van der Waals surface area contributed by atoms with Crippen molar-refractivity contribution in [3.63, 3.8) is 0 Å². The Balaban J connectivity index is 1.78. The fraction of sp³-hybridized carbons (Fsp3) is 0.667. The summed E-state index contributed by atoms with van der Waals surface area (Å²) in [4.78, 5) is 9.82. The molecule has 28 heavy (non-hydrogen) atoms. The van der Waals surface area contributed by atoms with Gasteiger partial charge in [0.05, 0.1) is 13.1 Å². The van der Waals surface area contributed by atoms with Gasteiger partial charge in [0.1, 0.15) is 11.9 Å². The molecule has 0 radical (unpaired) electrons. The number of hydrogen-bond donors (Lipinski definition) is 2. The molecule has 0 aliphatic carbocycles. The normalized spacial score (nSPS) is 18.5. The smallest absolute Gasteiger partial charge is 0.191 e. The van der Waals surface area contributed by atoms with Gasteiger partial charge in [-0.1, -0.05) is 18.5 Å². The van der Waals surface area contributed by atoms with E-state index in [1.807, 2.05) is 31.2 Å². The topological polar surface area (TPSA) is 52.1 Å². The minimum atomic E-state index is 0.0181. The Morgan fingerprint density at radius 1 is 1.11 bits per heavy atom. The van der Waals surface area contributed by atoms with E-state index in [1.54, 1.807) is 0 Å². The highest BCUT2D eigenvalue weighted by molar-refractivity contribution is 6.30. The van der Waals surface area contributed by atoms with Crippen molar-refractivity contribution in [2.75, 3.05) is 52.4 Å². The summed E-state index contributed by atoms with van der Waals surface area (Å²) in [5.41, 5.74) is 0. The number of hydrogen-bond acceptors (Lipinski definition) is 4. The molecule has 0 amide bonds. The summed E-state index contributed by atoms with van der Waals surface area (Å²) in [5, 5.41) is 7.42. The van der Waals surface area contributed by atoms with Crippen LogP contribution >= 0.6 is 11.6 Å². The van der Waals surface area contributed by atoms with Crippen LogP contribution in [0, 0.1) is 0 Å². The lowest BCUT2D eigenvalue weighted by Gasteiger charge is -2.37. The Kier molecular flexibility index (Phi) is 9.88. The summed E-state index contributed by atoms with van der Waals surface area (Å²) in [6.07, 6.45) is 0.0181. The number of ether oxygens (including phenoxy) is 1. The Hall–Kier alpha value is -1.50. The quantitative estimate of drug-likeness (QED) is 0.485. The Bertz CT molecular complexity index is 587. The standard InChI is InChI=1S/C21H36ClN5O/c1-5-23-21(24-15-17(3)27-13-11-26(6-2)12-14-27)25-16-18(4)28-20-9-7-19(22)8-10-20/h7-10,17-18H,5-6,11-16H2,1-4H3,(H2,23,24,25). The molecule has 2 atom stereocenters. The van der Waals surface area contributed by atoms with E-state index in [1.165, 1.54) is 0 Å². The number of piperazine rings is 1. The molecule has 1 aromatic carbocycles. The van der Waals surface area contributed by atoms with Crippen LogP contribution in [0.1, 0.15) is 27.7 Å². The number of aliphatic imine (C=N–C) groups is 1. The van der Waals surface area contributed by atoms with E-state index in [2.05, 4.69) is 41.2 Å². The lowest BCUT2D eigenvalue weighted by molar-refractivity contribution is 0.109. The van der Waals surface area contributed by atoms with Crippen molar-refractivity contribution in [1.82, 2.24) is 20.4 Å². The van der Waals surface area contributed by atoms with Crippen LogP contribution < -0.4 is 15.4 Å². The van der Waals surface area contributed by atoms with E-state index in [9.17, 15) is 0 Å². The van der Waals surface area contributed by atoms with Crippen LogP contribution in [0.4, 0.5) is 0 Å². The van der Waals surface area contributed by atoms with Gasteiger partial charge in [-0.2, -0.15) is 0 Å². The number of nitrogens with zero attached hydrogens (tertiary/aromatic N) is 3. The zero-order chi connectivity index (χ0) is 20.4. The third kappa shape index (κ3) is 7.86. The summed E-state index contributed by atoms with van der Waals surface area (Å²) < 4.78 is 5.92. The predicted octanol–water partition coefficient (Wildman–Crippen LogP) is 2.69. The summed E-state index contributed by atoms with van der Waals surface area (Å²) in [6.45, 7) is 16.6. The molecule has 7 heteroatoms. The Morgan fingerprint density at radius 2 is 1.79 bits per heavy atom. The largest absolute Gasteiger partial charge is 0.489 e. The molecule has 6 nitrogen and oxygen atoms in total. The molecule has 0 aromatic heterocycles. The third-order valence-electron chi connectivity index (χ3n) is 5.04. The zero-order valence-electron chi connectivity index (χ0n) is 17.7. The van der Waals surface area contributed by atoms with E-state index < -0.39 is 0 Å². The van der Waals surface area contributed by atoms with Gasteiger partial charge in [-0.05, 0) is 51.6 Å². The van der Waals surface area contributed by atoms with Gasteiger partial charge in [0, 0.05) is 43.8 Å². The molecule has 1 aliphatic heterocycles. The maximum absolute atomic E-state index is 5.92. The summed E-state index contributed by atoms with van der Waals surface area (Å²) >= 11 is 5.92. The molecule has 2 rings (SSSR count). The molecular weight excluding hydrogens is 374 g/mol. The van der Waals surface area contributed by atoms with Crippen molar-refractivity contribution in [2.45, 2.75) is 39.8 Å². The van der Waals surface area contributed by atoms with Gasteiger partial charge in [-0.15, -0.1) is 0 Å². The van der Waals surface area contributed by atoms with Crippen molar-refractivity contribution in [2.24, 2.45) is 4.99 Å². The summed E-state index contributed by atoms with van der Waals surface area (Å²) in [5.74, 6) is 1.66. The molecule has 0 saturated carbocycles. The first kappa shape index (κ1) is 22.8. The number of rotatable bonds is 9. The minimum absolute atomic E-state index is 0.0181. The van der Waals surface area contributed by atoms with E-state index in [0.29, 0.717) is 17.6 Å². The van der Waals surface area contributed by atoms with Crippen LogP contribution in [0.15, 0.2) is 29.3 Å². The van der Waals surface area contributed by atoms with Crippen molar-refractivity contribution in [3.05, 3.63) is 29.3 Å². The van der Waals surface area contributed by atoms with Crippen LogP contribution in [0.25, 0.3) is 0 Å². The van der Waals surface area contributed by atoms with Gasteiger partial charge in [0.2, 0.25) is 0 Å². The fourth-order valence-electron chi connectivity index (χ4n) is 3.23. The Morgan fingerprint density at radius 3 is 2.39 bits per heavy atom. The van der Waals surface area contributed by atoms with Crippen molar-refractivity contribution < 1.29 is 4.74 Å². The summed E-state index contributed by atoms with van der Waals surface area (Å²) in [6, 6.07) is 7.89. The van der Waals surface area contributed by atoms with Gasteiger partial charge in [-0.25, -0.2) is 0 Å². The monoisotopic (exact) mass is 409 g/mol. The molecular formula is C21H36ClN5O. The highest BCUT2D eigenvalue weighted by Gasteiger charge is 2.20. The molecule has 1 aliphatic rings. The van der Waals surface area contributed by atoms with Crippen molar-refractivity contribution in [1.29, 1.82) is 0 Å². The van der Waals surface area contributed by atoms with Gasteiger partial charge in [0.15, 0.2) is 5.96 Å². The molecule has 1 aromatic rings. The van der Waals surface area contributed by atoms with Gasteiger partial charge in [-0.3, -0.25) is 9.89 Å². The second kappa shape index (κ2) is 12.1. The van der Waals surface area contributed by atoms with Crippen LogP contribution in [0.5, 0.6) is 5.75 Å². The lowest BCUT2D eigenvalue weighted by atomic mass is 10.2. The average molecular weight is 410 g/mol. The second-order valence-corrected chi connectivity index (χ2v) is 7.74. The first-order valence-corrected chi connectivity index (χ1v) is 10.8. The molecule has 2 unspecified atom stereocenters. The number of nitrogens with one attached hydrogen (secondary N) is 2. The highest BCUT2D eigenvalue weighted by Crippen LogP contribution is 2.16. The predicted molar refractivity (Wildman–Crippen MR) is 119 cm³/mol. The molecule has 0 bridgehead atoms. The van der Waals surface area contributed by atoms with Crippen LogP contribution in [0.2, 0.25) is 5.02 Å². The van der Waals surface area contributed by atoms with Gasteiger partial charge < -0.3 is 20.3 Å². The molecule has 0 spiro atoms. The zero-order valence-corrected chi connectivity index (χ0v) is 18.5. The minimum Gasteiger partial charge on any atom is -0.489 e. The first-order valence-electron chi connectivity index (χ1n) is 10.4. The van der Waals surface area contributed by atoms with Gasteiger partial charge >= 0.3 is 0 Å². The summed E-state index contributed by atoms with van der Waals surface area (Å²) in [7, 11) is 0. The van der Waals surface area contributed by atoms with E-state index in [0.717, 1.165) is 57.5 Å². The fourth-order valence-corrected chi connectivity index (χ4v) is 3.35. The molecule has 1 fully saturated rings. The molecule has 1 saturated heterocycles. The van der Waals surface area contributed by atoms with Crippen molar-refractivity contribution in [3.8, 4) is 5.75 Å². The highest BCUT2D eigenvalue weighted by atomic mass is 35.5. The van der Waals surface area contributed by atoms with Crippen LogP contribution in [0.3, 0.4) is 0 Å². The lowest BCUT2D eigenvalue weighted by Crippen LogP contribution is -2.50. The van der Waals surface area contributed by atoms with Crippen LogP contribution in [-0.4, -0.2) is 80.3 Å². The van der Waals surface area contributed by atoms with Crippen molar-refractivity contribution >= 4 is 17.6 Å². The number of guanidine groups is 1. The number of halogens is 1. The van der Waals surface area contributed by atoms with E-state index >= 15 is 0 Å². The molecule has 158 valence electrons. The van der Waals surface area contributed by atoms with Crippen LogP contribution in [-0.2, 0) is 0 Å². The maximum Gasteiger partial charge on any atom is 0.191 e. The van der Waals surface area contributed by atoms with Gasteiger partial charge in [0.25, 0.3) is 0 Å². The second-order valence-electron chi connectivity index (χ2n) is 7.30. The van der Waals surface area contributed by atoms with E-state index in [-0.39, 0.29) is 6.10 Å². The third-order valence-corrected chi connectivity index (χ3v) is 5.30. The SMILES string of the molecule is CCNC(=NCC(C)N1CCN(CC)CC1)NCC(C)Oc1ccc(Cl)cc1. The Labute approximate surface area is 175 Å². The molecule has 1 heterocycles. The maximum atomic E-state index is 5.92. The first-order chi connectivity index (χ1) is 13.5. The number of likely N-dealkylation sites (N-methyl/N-ethyl adjacent to an activating group) is 1. The average Bonchev–Trinajstić information content (AvgIpc) is 2.71. The van der Waals surface area contributed by atoms with E-state index in [4.69, 9.17) is 21.3 Å². The number of benzene rings is 1.